The molecule has 4 nitrogen and oxygen atoms in total. The van der Waals surface area contributed by atoms with Crippen molar-refractivity contribution in [3.8, 4) is 0 Å². The second kappa shape index (κ2) is 7.96. The zero-order valence-corrected chi connectivity index (χ0v) is 18.5. The highest BCUT2D eigenvalue weighted by Crippen LogP contribution is 2.37. The molecule has 0 amide bonds. The highest BCUT2D eigenvalue weighted by molar-refractivity contribution is 6.63. The lowest BCUT2D eigenvalue weighted by atomic mass is 9.70. The zero-order valence-electron chi connectivity index (χ0n) is 18.5. The minimum Gasteiger partial charge on any atom is -0.460 e. The van der Waals surface area contributed by atoms with E-state index < -0.39 is 24.2 Å². The van der Waals surface area contributed by atoms with Crippen molar-refractivity contribution in [2.75, 3.05) is 0 Å². The number of hydrogen-bond donors (Lipinski definition) is 0. The van der Waals surface area contributed by atoms with Crippen molar-refractivity contribution in [3.63, 3.8) is 0 Å². The Morgan fingerprint density at radius 2 is 1.59 bits per heavy atom. The molecule has 1 aliphatic heterocycles. The predicted octanol–water partition coefficient (Wildman–Crippen LogP) is 4.45. The molecule has 0 saturated carbocycles. The standard InChI is InChI=1S/C24H31BO4/c1-16-13-14-20(18(3)22(26)27-15-19-11-9-8-10-12-19)21(17(16)2)25-28-23(4,5)24(6,7)29-25/h8-14,18H,15H2,1-7H3. The van der Waals surface area contributed by atoms with Gasteiger partial charge in [-0.1, -0.05) is 42.5 Å². The first-order chi connectivity index (χ1) is 13.5. The van der Waals surface area contributed by atoms with Gasteiger partial charge >= 0.3 is 13.1 Å². The second-order valence-corrected chi connectivity index (χ2v) is 8.91. The minimum atomic E-state index is -0.515. The Hall–Kier alpha value is -2.11. The molecule has 0 bridgehead atoms. The molecule has 2 aromatic carbocycles. The number of hydrogen-bond acceptors (Lipinski definition) is 4. The SMILES string of the molecule is Cc1ccc(C(C)C(=O)OCc2ccccc2)c(B2OC(C)(C)C(C)(C)O2)c1C. The summed E-state index contributed by atoms with van der Waals surface area (Å²) in [5, 5.41) is 0. The van der Waals surface area contributed by atoms with E-state index in [-0.39, 0.29) is 12.6 Å². The van der Waals surface area contributed by atoms with Crippen molar-refractivity contribution in [3.05, 3.63) is 64.7 Å². The van der Waals surface area contributed by atoms with Crippen LogP contribution in [0, 0.1) is 13.8 Å². The first kappa shape index (κ1) is 21.6. The van der Waals surface area contributed by atoms with E-state index in [1.165, 1.54) is 0 Å². The van der Waals surface area contributed by atoms with Gasteiger partial charge in [-0.05, 0) is 76.2 Å². The van der Waals surface area contributed by atoms with Gasteiger partial charge in [-0.15, -0.1) is 0 Å². The number of aryl methyl sites for hydroxylation is 1. The molecule has 1 aliphatic rings. The summed E-state index contributed by atoms with van der Waals surface area (Å²) in [6.45, 7) is 14.4. The van der Waals surface area contributed by atoms with Crippen LogP contribution in [0.5, 0.6) is 0 Å². The quantitative estimate of drug-likeness (QED) is 0.555. The van der Waals surface area contributed by atoms with Gasteiger partial charge < -0.3 is 14.0 Å². The molecule has 1 unspecified atom stereocenters. The van der Waals surface area contributed by atoms with E-state index in [1.54, 1.807) is 0 Å². The van der Waals surface area contributed by atoms with Crippen molar-refractivity contribution < 1.29 is 18.8 Å². The minimum absolute atomic E-state index is 0.255. The van der Waals surface area contributed by atoms with Crippen LogP contribution in [0.4, 0.5) is 0 Å². The largest absolute Gasteiger partial charge is 0.495 e. The Bertz CT molecular complexity index is 873. The van der Waals surface area contributed by atoms with Gasteiger partial charge in [-0.2, -0.15) is 0 Å². The normalized spacial score (nSPS) is 18.5. The third-order valence-corrected chi connectivity index (χ3v) is 6.35. The summed E-state index contributed by atoms with van der Waals surface area (Å²) in [5.74, 6) is -0.679. The summed E-state index contributed by atoms with van der Waals surface area (Å²) >= 11 is 0. The van der Waals surface area contributed by atoms with Gasteiger partial charge in [0, 0.05) is 0 Å². The fraction of sp³-hybridized carbons (Fsp3) is 0.458. The van der Waals surface area contributed by atoms with Crippen molar-refractivity contribution in [2.45, 2.75) is 72.2 Å². The van der Waals surface area contributed by atoms with E-state index in [0.29, 0.717) is 0 Å². The fourth-order valence-electron chi connectivity index (χ4n) is 3.49. The van der Waals surface area contributed by atoms with Crippen LogP contribution >= 0.6 is 0 Å². The highest BCUT2D eigenvalue weighted by Gasteiger charge is 2.53. The van der Waals surface area contributed by atoms with Gasteiger partial charge in [0.15, 0.2) is 0 Å². The van der Waals surface area contributed by atoms with Gasteiger partial charge in [0.2, 0.25) is 0 Å². The Kier molecular flexibility index (Phi) is 5.93. The van der Waals surface area contributed by atoms with Gasteiger partial charge in [-0.3, -0.25) is 4.79 Å². The van der Waals surface area contributed by atoms with Crippen LogP contribution in [-0.4, -0.2) is 24.3 Å². The summed E-state index contributed by atoms with van der Waals surface area (Å²) in [6, 6.07) is 13.8. The predicted molar refractivity (Wildman–Crippen MR) is 116 cm³/mol. The molecule has 1 heterocycles. The smallest absolute Gasteiger partial charge is 0.460 e. The summed E-state index contributed by atoms with van der Waals surface area (Å²) in [6.07, 6.45) is 0. The fourth-order valence-corrected chi connectivity index (χ4v) is 3.49. The maximum Gasteiger partial charge on any atom is 0.495 e. The Balaban J connectivity index is 1.88. The van der Waals surface area contributed by atoms with E-state index in [1.807, 2.05) is 77.1 Å². The summed E-state index contributed by atoms with van der Waals surface area (Å²) < 4.78 is 18.2. The van der Waals surface area contributed by atoms with Crippen molar-refractivity contribution in [1.29, 1.82) is 0 Å². The molecule has 1 saturated heterocycles. The highest BCUT2D eigenvalue weighted by atomic mass is 16.7. The molecule has 3 rings (SSSR count). The molecule has 0 radical (unpaired) electrons. The van der Waals surface area contributed by atoms with Crippen LogP contribution in [0.25, 0.3) is 0 Å². The molecule has 1 fully saturated rings. The average molecular weight is 394 g/mol. The molecule has 1 atom stereocenters. The zero-order chi connectivity index (χ0) is 21.4. The second-order valence-electron chi connectivity index (χ2n) is 8.91. The number of carbonyl (C=O) groups excluding carboxylic acids is 1. The maximum atomic E-state index is 12.8. The number of rotatable bonds is 5. The molecule has 5 heteroatoms. The van der Waals surface area contributed by atoms with Crippen molar-refractivity contribution >= 4 is 18.6 Å². The van der Waals surface area contributed by atoms with E-state index in [2.05, 4.69) is 13.8 Å². The summed E-state index contributed by atoms with van der Waals surface area (Å²) in [7, 11) is -0.515. The number of carbonyl (C=O) groups is 1. The first-order valence-electron chi connectivity index (χ1n) is 10.2. The molecule has 0 aliphatic carbocycles. The first-order valence-corrected chi connectivity index (χ1v) is 10.2. The van der Waals surface area contributed by atoms with Crippen molar-refractivity contribution in [1.82, 2.24) is 0 Å². The molecular weight excluding hydrogens is 363 g/mol. The van der Waals surface area contributed by atoms with Crippen LogP contribution in [0.1, 0.15) is 62.8 Å². The van der Waals surface area contributed by atoms with E-state index in [4.69, 9.17) is 14.0 Å². The van der Waals surface area contributed by atoms with Crippen LogP contribution in [0.2, 0.25) is 0 Å². The molecular formula is C24H31BO4. The third kappa shape index (κ3) is 4.26. The van der Waals surface area contributed by atoms with E-state index in [0.717, 1.165) is 27.7 Å². The van der Waals surface area contributed by atoms with E-state index >= 15 is 0 Å². The molecule has 0 aromatic heterocycles. The number of ether oxygens (including phenoxy) is 1. The third-order valence-electron chi connectivity index (χ3n) is 6.35. The Morgan fingerprint density at radius 3 is 2.17 bits per heavy atom. The van der Waals surface area contributed by atoms with Crippen LogP contribution in [0.3, 0.4) is 0 Å². The maximum absolute atomic E-state index is 12.8. The molecule has 2 aromatic rings. The lowest BCUT2D eigenvalue weighted by molar-refractivity contribution is -0.146. The van der Waals surface area contributed by atoms with Crippen LogP contribution in [0.15, 0.2) is 42.5 Å². The monoisotopic (exact) mass is 394 g/mol. The van der Waals surface area contributed by atoms with Gasteiger partial charge in [0.05, 0.1) is 17.1 Å². The summed E-state index contributed by atoms with van der Waals surface area (Å²) in [5.41, 5.74) is 4.15. The number of benzene rings is 2. The van der Waals surface area contributed by atoms with Gasteiger partial charge in [0.1, 0.15) is 6.61 Å². The molecule has 0 spiro atoms. The van der Waals surface area contributed by atoms with Crippen LogP contribution < -0.4 is 5.46 Å². The Labute approximate surface area is 174 Å². The molecule has 154 valence electrons. The lowest BCUT2D eigenvalue weighted by Gasteiger charge is -2.32. The number of esters is 1. The van der Waals surface area contributed by atoms with E-state index in [9.17, 15) is 4.79 Å². The molecule has 29 heavy (non-hydrogen) atoms. The summed E-state index contributed by atoms with van der Waals surface area (Å²) in [4.78, 5) is 12.8. The van der Waals surface area contributed by atoms with Crippen LogP contribution in [-0.2, 0) is 25.4 Å². The lowest BCUT2D eigenvalue weighted by Crippen LogP contribution is -2.41. The Morgan fingerprint density at radius 1 is 1.00 bits per heavy atom. The van der Waals surface area contributed by atoms with Gasteiger partial charge in [0.25, 0.3) is 0 Å². The topological polar surface area (TPSA) is 44.8 Å². The molecule has 0 N–H and O–H groups in total. The van der Waals surface area contributed by atoms with Gasteiger partial charge in [-0.25, -0.2) is 0 Å². The van der Waals surface area contributed by atoms with Crippen molar-refractivity contribution in [2.24, 2.45) is 0 Å². The average Bonchev–Trinajstić information content (AvgIpc) is 2.89.